The van der Waals surface area contributed by atoms with Crippen LogP contribution >= 0.6 is 0 Å². The summed E-state index contributed by atoms with van der Waals surface area (Å²) in [4.78, 5) is 14.8. The van der Waals surface area contributed by atoms with Gasteiger partial charge in [0.05, 0.1) is 5.52 Å². The molecule has 29 heavy (non-hydrogen) atoms. The van der Waals surface area contributed by atoms with E-state index in [1.807, 2.05) is 66.7 Å². The van der Waals surface area contributed by atoms with Gasteiger partial charge >= 0.3 is 0 Å². The van der Waals surface area contributed by atoms with Crippen molar-refractivity contribution in [2.45, 2.75) is 0 Å². The minimum atomic E-state index is 0.701. The molecule has 0 fully saturated rings. The largest absolute Gasteiger partial charge is 0.276 e. The van der Waals surface area contributed by atoms with Gasteiger partial charge in [-0.2, -0.15) is 0 Å². The molecule has 0 spiro atoms. The smallest absolute Gasteiger partial charge is 0.169 e. The molecule has 0 aliphatic rings. The van der Waals surface area contributed by atoms with Gasteiger partial charge in [-0.1, -0.05) is 78.9 Å². The zero-order valence-electron chi connectivity index (χ0n) is 15.5. The van der Waals surface area contributed by atoms with Crippen LogP contribution in [0, 0.1) is 0 Å². The second kappa shape index (κ2) is 6.24. The first kappa shape index (κ1) is 16.0. The fourth-order valence-electron chi connectivity index (χ4n) is 3.83. The summed E-state index contributed by atoms with van der Waals surface area (Å²) in [5.74, 6) is 0.701. The second-order valence-corrected chi connectivity index (χ2v) is 7.00. The molecule has 0 saturated carbocycles. The molecular weight excluding hydrogens is 356 g/mol. The Balaban J connectivity index is 1.79. The van der Waals surface area contributed by atoms with Gasteiger partial charge in [0, 0.05) is 11.1 Å². The van der Waals surface area contributed by atoms with Crippen LogP contribution in [0.2, 0.25) is 0 Å². The van der Waals surface area contributed by atoms with Crippen molar-refractivity contribution < 1.29 is 0 Å². The van der Waals surface area contributed by atoms with Crippen molar-refractivity contribution in [2.75, 3.05) is 0 Å². The molecule has 0 radical (unpaired) electrons. The molecule has 4 nitrogen and oxygen atoms in total. The topological polar surface area (TPSA) is 43.1 Å². The molecule has 0 aliphatic heterocycles. The first-order valence-electron chi connectivity index (χ1n) is 9.57. The van der Waals surface area contributed by atoms with E-state index in [9.17, 15) is 0 Å². The average molecular weight is 372 g/mol. The molecule has 6 rings (SSSR count). The molecule has 0 N–H and O–H groups in total. The zero-order chi connectivity index (χ0) is 19.2. The second-order valence-electron chi connectivity index (χ2n) is 7.00. The highest BCUT2D eigenvalue weighted by Gasteiger charge is 2.17. The lowest BCUT2D eigenvalue weighted by atomic mass is 10.1. The van der Waals surface area contributed by atoms with Crippen molar-refractivity contribution in [3.05, 3.63) is 97.1 Å². The van der Waals surface area contributed by atoms with Crippen LogP contribution < -0.4 is 0 Å². The molecule has 0 saturated heterocycles. The van der Waals surface area contributed by atoms with E-state index < -0.39 is 0 Å². The Kier molecular flexibility index (Phi) is 3.43. The van der Waals surface area contributed by atoms with Gasteiger partial charge < -0.3 is 0 Å². The minimum absolute atomic E-state index is 0.701. The van der Waals surface area contributed by atoms with E-state index in [0.29, 0.717) is 5.82 Å². The van der Waals surface area contributed by atoms with E-state index in [1.54, 1.807) is 0 Å². The number of hydrogen-bond acceptors (Lipinski definition) is 3. The zero-order valence-corrected chi connectivity index (χ0v) is 15.5. The van der Waals surface area contributed by atoms with Crippen LogP contribution in [0.5, 0.6) is 0 Å². The van der Waals surface area contributed by atoms with Gasteiger partial charge in [-0.25, -0.2) is 15.0 Å². The van der Waals surface area contributed by atoms with Crippen molar-refractivity contribution in [2.24, 2.45) is 0 Å². The summed E-state index contributed by atoms with van der Waals surface area (Å²) in [6, 6.07) is 32.7. The van der Waals surface area contributed by atoms with Gasteiger partial charge in [-0.05, 0) is 23.6 Å². The molecule has 0 aliphatic carbocycles. The maximum Gasteiger partial charge on any atom is 0.169 e. The molecule has 136 valence electrons. The first-order chi connectivity index (χ1) is 14.4. The Morgan fingerprint density at radius 1 is 0.552 bits per heavy atom. The van der Waals surface area contributed by atoms with Crippen LogP contribution in [0.25, 0.3) is 50.4 Å². The van der Waals surface area contributed by atoms with E-state index >= 15 is 0 Å². The Morgan fingerprint density at radius 2 is 1.24 bits per heavy atom. The predicted octanol–water partition coefficient (Wildman–Crippen LogP) is 5.76. The molecule has 0 unspecified atom stereocenters. The summed E-state index contributed by atoms with van der Waals surface area (Å²) in [5, 5.41) is 1.15. The lowest BCUT2D eigenvalue weighted by Gasteiger charge is -2.07. The van der Waals surface area contributed by atoms with Crippen LogP contribution in [-0.2, 0) is 0 Å². The van der Waals surface area contributed by atoms with Crippen LogP contribution in [0.3, 0.4) is 0 Å². The van der Waals surface area contributed by atoms with E-state index in [2.05, 4.69) is 34.7 Å². The number of imidazole rings is 1. The van der Waals surface area contributed by atoms with Gasteiger partial charge in [-0.3, -0.25) is 4.40 Å². The Hall–Kier alpha value is -4.05. The van der Waals surface area contributed by atoms with Crippen molar-refractivity contribution in [1.29, 1.82) is 0 Å². The van der Waals surface area contributed by atoms with Crippen LogP contribution in [0.15, 0.2) is 97.1 Å². The van der Waals surface area contributed by atoms with E-state index in [-0.39, 0.29) is 0 Å². The summed E-state index contributed by atoms with van der Waals surface area (Å²) in [6.45, 7) is 0. The summed E-state index contributed by atoms with van der Waals surface area (Å²) < 4.78 is 2.13. The van der Waals surface area contributed by atoms with Gasteiger partial charge in [0.25, 0.3) is 0 Å². The molecule has 3 heterocycles. The molecule has 0 atom stereocenters. The Morgan fingerprint density at radius 3 is 2.03 bits per heavy atom. The van der Waals surface area contributed by atoms with Gasteiger partial charge in [0.1, 0.15) is 16.9 Å². The van der Waals surface area contributed by atoms with E-state index in [4.69, 9.17) is 15.0 Å². The molecule has 3 aromatic carbocycles. The quantitative estimate of drug-likeness (QED) is 0.388. The van der Waals surface area contributed by atoms with Crippen molar-refractivity contribution in [1.82, 2.24) is 19.4 Å². The highest BCUT2D eigenvalue weighted by molar-refractivity contribution is 5.95. The van der Waals surface area contributed by atoms with Crippen molar-refractivity contribution >= 4 is 27.7 Å². The summed E-state index contributed by atoms with van der Waals surface area (Å²) in [7, 11) is 0. The van der Waals surface area contributed by atoms with Gasteiger partial charge in [0.15, 0.2) is 11.5 Å². The summed E-state index contributed by atoms with van der Waals surface area (Å²) in [6.07, 6.45) is 0. The maximum atomic E-state index is 4.96. The third-order valence-electron chi connectivity index (χ3n) is 5.20. The highest BCUT2D eigenvalue weighted by atomic mass is 15.1. The monoisotopic (exact) mass is 372 g/mol. The maximum absolute atomic E-state index is 4.96. The first-order valence-corrected chi connectivity index (χ1v) is 9.57. The normalized spacial score (nSPS) is 11.4. The van der Waals surface area contributed by atoms with Crippen LogP contribution in [0.4, 0.5) is 0 Å². The number of nitrogens with zero attached hydrogens (tertiary/aromatic N) is 4. The van der Waals surface area contributed by atoms with E-state index in [1.165, 1.54) is 0 Å². The molecular formula is C25H16N4. The fraction of sp³-hybridized carbons (Fsp3) is 0. The number of rotatable bonds is 2. The van der Waals surface area contributed by atoms with Crippen molar-refractivity contribution in [3.63, 3.8) is 0 Å². The van der Waals surface area contributed by atoms with E-state index in [0.717, 1.165) is 44.5 Å². The number of hydrogen-bond donors (Lipinski definition) is 0. The molecule has 4 heteroatoms. The fourth-order valence-corrected chi connectivity index (χ4v) is 3.83. The lowest BCUT2D eigenvalue weighted by Crippen LogP contribution is -1.96. The molecule has 6 aromatic rings. The number of aromatic nitrogens is 4. The third kappa shape index (κ3) is 2.50. The number of benzene rings is 3. The average Bonchev–Trinajstić information content (AvgIpc) is 3.19. The Bertz CT molecular complexity index is 1490. The lowest BCUT2D eigenvalue weighted by molar-refractivity contribution is 1.18. The summed E-state index contributed by atoms with van der Waals surface area (Å²) >= 11 is 0. The number of fused-ring (bicyclic) bond motifs is 5. The SMILES string of the molecule is c1ccc(-c2nc(-c3ccccc3)c3nc4ccc5ccccc5n4c3n2)cc1. The number of para-hydroxylation sites is 1. The highest BCUT2D eigenvalue weighted by Crippen LogP contribution is 2.31. The Labute approximate surface area is 167 Å². The standard InChI is InChI=1S/C25H16N4/c1-3-10-18(11-4-1)22-23-25(28-24(27-22)19-12-5-2-6-13-19)29-20-14-8-7-9-17(20)15-16-21(29)26-23/h1-16H. The predicted molar refractivity (Wildman–Crippen MR) is 117 cm³/mol. The van der Waals surface area contributed by atoms with Gasteiger partial charge in [-0.15, -0.1) is 0 Å². The van der Waals surface area contributed by atoms with Crippen LogP contribution in [0.1, 0.15) is 0 Å². The third-order valence-corrected chi connectivity index (χ3v) is 5.20. The van der Waals surface area contributed by atoms with Gasteiger partial charge in [0.2, 0.25) is 0 Å². The number of pyridine rings is 1. The minimum Gasteiger partial charge on any atom is -0.276 e. The van der Waals surface area contributed by atoms with Crippen LogP contribution in [-0.4, -0.2) is 19.4 Å². The van der Waals surface area contributed by atoms with Crippen molar-refractivity contribution in [3.8, 4) is 22.6 Å². The molecule has 0 amide bonds. The summed E-state index contributed by atoms with van der Waals surface area (Å²) in [5.41, 5.74) is 6.46. The molecule has 0 bridgehead atoms. The molecule has 3 aromatic heterocycles.